The van der Waals surface area contributed by atoms with Gasteiger partial charge in [-0.3, -0.25) is 9.59 Å². The van der Waals surface area contributed by atoms with E-state index in [9.17, 15) is 19.5 Å². The smallest absolute Gasteiger partial charge is 0.228 e. The second kappa shape index (κ2) is 9.19. The minimum absolute atomic E-state index is 0.123. The fraction of sp³-hybridized carbons (Fsp3) is 0.261. The molecule has 0 aromatic heterocycles. The van der Waals surface area contributed by atoms with E-state index in [2.05, 4.69) is 10.6 Å². The molecule has 2 N–H and O–H groups in total. The molecule has 2 amide bonds. The number of rotatable bonds is 6. The maximum Gasteiger partial charge on any atom is 0.228 e. The highest BCUT2D eigenvalue weighted by molar-refractivity contribution is 5.96. The first-order chi connectivity index (χ1) is 13.9. The standard InChI is InChI=1S/C23H24N2O4/c1-15-13-17(24-22(27)18-9-5-6-10-19(18)23(28)29)11-12-20(15)25-21(26)14-16-7-3-2-4-8-16/h2-8,11-13,18-19H,9-10,14H2,1H3,(H,24,27)(H,25,26)(H,28,29)/p-1/t18-,19+/m1/s1. The van der Waals surface area contributed by atoms with Crippen molar-refractivity contribution < 1.29 is 19.5 Å². The molecule has 150 valence electrons. The van der Waals surface area contributed by atoms with Crippen LogP contribution >= 0.6 is 0 Å². The third-order valence-corrected chi connectivity index (χ3v) is 5.05. The second-order valence-electron chi connectivity index (χ2n) is 7.20. The van der Waals surface area contributed by atoms with Gasteiger partial charge in [0.15, 0.2) is 0 Å². The van der Waals surface area contributed by atoms with Crippen molar-refractivity contribution in [1.82, 2.24) is 0 Å². The molecule has 0 saturated carbocycles. The molecule has 0 radical (unpaired) electrons. The predicted molar refractivity (Wildman–Crippen MR) is 109 cm³/mol. The molecule has 0 fully saturated rings. The lowest BCUT2D eigenvalue weighted by atomic mass is 9.82. The van der Waals surface area contributed by atoms with E-state index in [1.807, 2.05) is 43.3 Å². The summed E-state index contributed by atoms with van der Waals surface area (Å²) in [5, 5.41) is 16.9. The number of carboxylic acids is 1. The van der Waals surface area contributed by atoms with Gasteiger partial charge in [0.2, 0.25) is 11.8 Å². The van der Waals surface area contributed by atoms with E-state index in [4.69, 9.17) is 0 Å². The van der Waals surface area contributed by atoms with Gasteiger partial charge in [-0.1, -0.05) is 42.5 Å². The summed E-state index contributed by atoms with van der Waals surface area (Å²) in [5.41, 5.74) is 2.94. The quantitative estimate of drug-likeness (QED) is 0.739. The molecule has 2 atom stereocenters. The zero-order valence-corrected chi connectivity index (χ0v) is 16.2. The van der Waals surface area contributed by atoms with Gasteiger partial charge in [0.05, 0.1) is 12.3 Å². The summed E-state index contributed by atoms with van der Waals surface area (Å²) in [5.74, 6) is -3.15. The van der Waals surface area contributed by atoms with E-state index >= 15 is 0 Å². The first-order valence-corrected chi connectivity index (χ1v) is 9.55. The van der Waals surface area contributed by atoms with Gasteiger partial charge in [-0.05, 0) is 49.1 Å². The number of benzene rings is 2. The molecular formula is C23H23N2O4-. The van der Waals surface area contributed by atoms with Gasteiger partial charge in [0.25, 0.3) is 0 Å². The van der Waals surface area contributed by atoms with Crippen LogP contribution in [0.5, 0.6) is 0 Å². The van der Waals surface area contributed by atoms with Gasteiger partial charge in [-0.25, -0.2) is 0 Å². The molecule has 2 aromatic rings. The lowest BCUT2D eigenvalue weighted by Crippen LogP contribution is -2.41. The number of hydrogen-bond acceptors (Lipinski definition) is 4. The molecule has 0 heterocycles. The first-order valence-electron chi connectivity index (χ1n) is 9.55. The van der Waals surface area contributed by atoms with Crippen molar-refractivity contribution >= 4 is 29.2 Å². The van der Waals surface area contributed by atoms with Crippen LogP contribution in [0.3, 0.4) is 0 Å². The Kier molecular flexibility index (Phi) is 6.44. The topological polar surface area (TPSA) is 98.3 Å². The molecule has 0 bridgehead atoms. The van der Waals surface area contributed by atoms with Crippen molar-refractivity contribution in [2.45, 2.75) is 26.2 Å². The predicted octanol–water partition coefficient (Wildman–Crippen LogP) is 2.45. The van der Waals surface area contributed by atoms with E-state index in [1.165, 1.54) is 0 Å². The fourth-order valence-electron chi connectivity index (χ4n) is 3.46. The molecule has 0 spiro atoms. The van der Waals surface area contributed by atoms with E-state index in [0.29, 0.717) is 24.2 Å². The average molecular weight is 391 g/mol. The molecule has 6 nitrogen and oxygen atoms in total. The Labute approximate surface area is 169 Å². The highest BCUT2D eigenvalue weighted by Gasteiger charge is 2.29. The van der Waals surface area contributed by atoms with Gasteiger partial charge in [0.1, 0.15) is 0 Å². The summed E-state index contributed by atoms with van der Waals surface area (Å²) in [6, 6.07) is 14.6. The Morgan fingerprint density at radius 2 is 1.66 bits per heavy atom. The third kappa shape index (κ3) is 5.31. The zero-order chi connectivity index (χ0) is 20.8. The maximum atomic E-state index is 12.6. The minimum atomic E-state index is -1.21. The number of allylic oxidation sites excluding steroid dienone is 2. The van der Waals surface area contributed by atoms with E-state index in [0.717, 1.165) is 11.1 Å². The largest absolute Gasteiger partial charge is 0.550 e. The number of nitrogens with one attached hydrogen (secondary N) is 2. The molecule has 0 saturated heterocycles. The number of carboxylic acid groups (broad SMARTS) is 1. The molecule has 29 heavy (non-hydrogen) atoms. The number of aliphatic carboxylic acids is 1. The number of amides is 2. The van der Waals surface area contributed by atoms with Gasteiger partial charge >= 0.3 is 0 Å². The molecule has 6 heteroatoms. The van der Waals surface area contributed by atoms with Crippen LogP contribution in [0.15, 0.2) is 60.7 Å². The summed E-state index contributed by atoms with van der Waals surface area (Å²) in [6.45, 7) is 1.83. The lowest BCUT2D eigenvalue weighted by molar-refractivity contribution is -0.313. The Balaban J connectivity index is 1.63. The van der Waals surface area contributed by atoms with Crippen LogP contribution < -0.4 is 15.7 Å². The summed E-state index contributed by atoms with van der Waals surface area (Å²) in [7, 11) is 0. The lowest BCUT2D eigenvalue weighted by Gasteiger charge is -2.28. The second-order valence-corrected chi connectivity index (χ2v) is 7.20. The Morgan fingerprint density at radius 1 is 0.966 bits per heavy atom. The van der Waals surface area contributed by atoms with Gasteiger partial charge in [0, 0.05) is 23.3 Å². The van der Waals surface area contributed by atoms with Gasteiger partial charge < -0.3 is 20.5 Å². The summed E-state index contributed by atoms with van der Waals surface area (Å²) >= 11 is 0. The SMILES string of the molecule is Cc1cc(NC(=O)[C@@H]2CC=CC[C@@H]2C(=O)[O-])ccc1NC(=O)Cc1ccccc1. The molecule has 0 unspecified atom stereocenters. The molecule has 1 aliphatic carbocycles. The van der Waals surface area contributed by atoms with Crippen molar-refractivity contribution in [1.29, 1.82) is 0 Å². The van der Waals surface area contributed by atoms with Crippen LogP contribution in [0.25, 0.3) is 0 Å². The number of anilines is 2. The monoisotopic (exact) mass is 391 g/mol. The molecule has 1 aliphatic rings. The summed E-state index contributed by atoms with van der Waals surface area (Å²) in [4.78, 5) is 36.1. The van der Waals surface area contributed by atoms with E-state index < -0.39 is 17.8 Å². The Morgan fingerprint density at radius 3 is 2.31 bits per heavy atom. The van der Waals surface area contributed by atoms with E-state index in [-0.39, 0.29) is 18.2 Å². The maximum absolute atomic E-state index is 12.6. The zero-order valence-electron chi connectivity index (χ0n) is 16.2. The third-order valence-electron chi connectivity index (χ3n) is 5.05. The molecule has 0 aliphatic heterocycles. The summed E-state index contributed by atoms with van der Waals surface area (Å²) in [6.07, 6.45) is 4.53. The normalized spacial score (nSPS) is 18.1. The van der Waals surface area contributed by atoms with Crippen molar-refractivity contribution in [3.05, 3.63) is 71.8 Å². The van der Waals surface area contributed by atoms with Crippen molar-refractivity contribution in [3.8, 4) is 0 Å². The van der Waals surface area contributed by atoms with Crippen molar-refractivity contribution in [3.63, 3.8) is 0 Å². The van der Waals surface area contributed by atoms with Crippen LogP contribution in [-0.2, 0) is 20.8 Å². The number of hydrogen-bond donors (Lipinski definition) is 2. The number of aryl methyl sites for hydroxylation is 1. The first kappa shape index (κ1) is 20.3. The van der Waals surface area contributed by atoms with E-state index in [1.54, 1.807) is 24.3 Å². The van der Waals surface area contributed by atoms with Crippen LogP contribution in [0.1, 0.15) is 24.0 Å². The van der Waals surface area contributed by atoms with Gasteiger partial charge in [-0.15, -0.1) is 0 Å². The number of carbonyl (C=O) groups is 3. The molecule has 2 aromatic carbocycles. The highest BCUT2D eigenvalue weighted by atomic mass is 16.4. The minimum Gasteiger partial charge on any atom is -0.550 e. The van der Waals surface area contributed by atoms with Crippen molar-refractivity contribution in [2.24, 2.45) is 11.8 Å². The molecule has 3 rings (SSSR count). The number of carbonyl (C=O) groups excluding carboxylic acids is 3. The molecular weight excluding hydrogens is 368 g/mol. The Hall–Kier alpha value is -3.41. The highest BCUT2D eigenvalue weighted by Crippen LogP contribution is 2.27. The van der Waals surface area contributed by atoms with Crippen LogP contribution in [0, 0.1) is 18.8 Å². The summed E-state index contributed by atoms with van der Waals surface area (Å²) < 4.78 is 0. The Bertz CT molecular complexity index is 937. The average Bonchev–Trinajstić information content (AvgIpc) is 2.70. The van der Waals surface area contributed by atoms with Crippen LogP contribution in [-0.4, -0.2) is 17.8 Å². The fourth-order valence-corrected chi connectivity index (χ4v) is 3.46. The van der Waals surface area contributed by atoms with Crippen molar-refractivity contribution in [2.75, 3.05) is 10.6 Å². The van der Waals surface area contributed by atoms with Gasteiger partial charge in [-0.2, -0.15) is 0 Å². The van der Waals surface area contributed by atoms with Crippen LogP contribution in [0.2, 0.25) is 0 Å². The van der Waals surface area contributed by atoms with Crippen LogP contribution in [0.4, 0.5) is 11.4 Å².